The second kappa shape index (κ2) is 10.9. The Hall–Kier alpha value is -3.87. The summed E-state index contributed by atoms with van der Waals surface area (Å²) in [5, 5.41) is 1.30. The Labute approximate surface area is 225 Å². The third kappa shape index (κ3) is 5.23. The van der Waals surface area contributed by atoms with Gasteiger partial charge in [0, 0.05) is 52.2 Å². The molecule has 6 rings (SSSR count). The smallest absolute Gasteiger partial charge is 0.160 e. The summed E-state index contributed by atoms with van der Waals surface area (Å²) in [6.07, 6.45) is 7.89. The van der Waals surface area contributed by atoms with E-state index in [0.717, 1.165) is 39.9 Å². The molecule has 190 valence electrons. The third-order valence-electron chi connectivity index (χ3n) is 6.90. The van der Waals surface area contributed by atoms with Gasteiger partial charge in [0.1, 0.15) is 18.2 Å². The number of fused-ring (bicyclic) bond motifs is 1. The molecule has 1 aliphatic heterocycles. The summed E-state index contributed by atoms with van der Waals surface area (Å²) in [7, 11) is 0. The van der Waals surface area contributed by atoms with Gasteiger partial charge in [0.05, 0.1) is 5.69 Å². The zero-order valence-electron chi connectivity index (χ0n) is 20.8. The molecule has 5 nitrogen and oxygen atoms in total. The van der Waals surface area contributed by atoms with Gasteiger partial charge in [0.15, 0.2) is 5.65 Å². The fourth-order valence-electron chi connectivity index (χ4n) is 4.92. The van der Waals surface area contributed by atoms with Crippen molar-refractivity contribution in [3.8, 4) is 39.3 Å². The molecule has 0 amide bonds. The van der Waals surface area contributed by atoms with E-state index in [9.17, 15) is 4.39 Å². The first-order valence-corrected chi connectivity index (χ1v) is 13.1. The summed E-state index contributed by atoms with van der Waals surface area (Å²) in [5.74, 6) is 0.467. The Bertz CT molecular complexity index is 1590. The minimum absolute atomic E-state index is 0.329. The van der Waals surface area contributed by atoms with Gasteiger partial charge in [0.2, 0.25) is 0 Å². The molecular weight excluding hydrogens is 499 g/mol. The van der Waals surface area contributed by atoms with E-state index in [4.69, 9.17) is 16.3 Å². The SMILES string of the molecule is Fc1ccc(Cl)cc1-c1cc(-c2cncc(-c3ccc(OCCN4CCCC4)cc3)c2)c2cccnc2n1. The standard InChI is InChI=1S/C31H26ClFN4O/c32-24-7-10-29(33)28(17-24)30-18-27(26-4-3-11-35-31(26)36-30)23-16-22(19-34-20-23)21-5-8-25(9-6-21)38-15-14-37-12-1-2-13-37/h3-11,16-20H,1-2,12-15H2. The van der Waals surface area contributed by atoms with E-state index < -0.39 is 5.82 Å². The number of aromatic nitrogens is 3. The van der Waals surface area contributed by atoms with Crippen LogP contribution in [0.2, 0.25) is 5.02 Å². The Morgan fingerprint density at radius 1 is 0.868 bits per heavy atom. The number of rotatable bonds is 7. The van der Waals surface area contributed by atoms with Crippen LogP contribution in [0.25, 0.3) is 44.5 Å². The van der Waals surface area contributed by atoms with Crippen LogP contribution in [0.3, 0.4) is 0 Å². The molecule has 0 bridgehead atoms. The van der Waals surface area contributed by atoms with Crippen LogP contribution in [-0.4, -0.2) is 46.1 Å². The molecule has 1 fully saturated rings. The minimum Gasteiger partial charge on any atom is -0.492 e. The van der Waals surface area contributed by atoms with Crippen molar-refractivity contribution in [1.29, 1.82) is 0 Å². The summed E-state index contributed by atoms with van der Waals surface area (Å²) in [5.41, 5.74) is 5.08. The number of hydrogen-bond acceptors (Lipinski definition) is 5. The van der Waals surface area contributed by atoms with Crippen LogP contribution >= 0.6 is 11.6 Å². The first-order chi connectivity index (χ1) is 18.6. The summed E-state index contributed by atoms with van der Waals surface area (Å²) < 4.78 is 20.7. The van der Waals surface area contributed by atoms with Crippen molar-refractivity contribution in [3.05, 3.63) is 96.2 Å². The summed E-state index contributed by atoms with van der Waals surface area (Å²) in [6.45, 7) is 3.99. The lowest BCUT2D eigenvalue weighted by molar-refractivity contribution is 0.238. The van der Waals surface area contributed by atoms with Crippen molar-refractivity contribution < 1.29 is 9.13 Å². The molecule has 0 saturated carbocycles. The average molecular weight is 525 g/mol. The van der Waals surface area contributed by atoms with E-state index >= 15 is 0 Å². The van der Waals surface area contributed by atoms with Gasteiger partial charge in [-0.05, 0) is 91.7 Å². The molecule has 0 atom stereocenters. The highest BCUT2D eigenvalue weighted by Gasteiger charge is 2.15. The fourth-order valence-corrected chi connectivity index (χ4v) is 5.09. The molecule has 0 radical (unpaired) electrons. The van der Waals surface area contributed by atoms with E-state index in [1.54, 1.807) is 18.5 Å². The zero-order chi connectivity index (χ0) is 25.9. The van der Waals surface area contributed by atoms with Crippen LogP contribution in [0, 0.1) is 5.82 Å². The van der Waals surface area contributed by atoms with Crippen molar-refractivity contribution in [1.82, 2.24) is 19.9 Å². The predicted molar refractivity (Wildman–Crippen MR) is 150 cm³/mol. The van der Waals surface area contributed by atoms with E-state index in [1.165, 1.54) is 38.1 Å². The first-order valence-electron chi connectivity index (χ1n) is 12.8. The van der Waals surface area contributed by atoms with Crippen LogP contribution in [-0.2, 0) is 0 Å². The predicted octanol–water partition coefficient (Wildman–Crippen LogP) is 7.29. The van der Waals surface area contributed by atoms with E-state index in [0.29, 0.717) is 28.5 Å². The minimum atomic E-state index is -0.391. The van der Waals surface area contributed by atoms with Gasteiger partial charge in [-0.3, -0.25) is 9.88 Å². The van der Waals surface area contributed by atoms with Crippen LogP contribution in [0.1, 0.15) is 12.8 Å². The van der Waals surface area contributed by atoms with Crippen molar-refractivity contribution in [2.45, 2.75) is 12.8 Å². The van der Waals surface area contributed by atoms with Gasteiger partial charge < -0.3 is 4.74 Å². The molecule has 7 heteroatoms. The highest BCUT2D eigenvalue weighted by atomic mass is 35.5. The summed E-state index contributed by atoms with van der Waals surface area (Å²) >= 11 is 6.17. The third-order valence-corrected chi connectivity index (χ3v) is 7.14. The molecule has 2 aromatic carbocycles. The number of hydrogen-bond donors (Lipinski definition) is 0. The van der Waals surface area contributed by atoms with Gasteiger partial charge in [-0.1, -0.05) is 23.7 Å². The Morgan fingerprint density at radius 2 is 1.68 bits per heavy atom. The van der Waals surface area contributed by atoms with E-state index in [-0.39, 0.29) is 0 Å². The van der Waals surface area contributed by atoms with Gasteiger partial charge in [-0.2, -0.15) is 0 Å². The lowest BCUT2D eigenvalue weighted by Crippen LogP contribution is -2.25. The number of pyridine rings is 3. The fraction of sp³-hybridized carbons (Fsp3) is 0.194. The second-order valence-electron chi connectivity index (χ2n) is 9.44. The van der Waals surface area contributed by atoms with E-state index in [1.807, 2.05) is 48.7 Å². The van der Waals surface area contributed by atoms with Crippen LogP contribution in [0.5, 0.6) is 5.75 Å². The lowest BCUT2D eigenvalue weighted by atomic mass is 9.98. The molecule has 4 heterocycles. The number of likely N-dealkylation sites (tertiary alicyclic amines) is 1. The normalized spacial score (nSPS) is 13.7. The maximum absolute atomic E-state index is 14.7. The number of benzene rings is 2. The molecule has 0 aliphatic carbocycles. The number of halogens is 2. The van der Waals surface area contributed by atoms with Crippen molar-refractivity contribution in [3.63, 3.8) is 0 Å². The van der Waals surface area contributed by atoms with Gasteiger partial charge >= 0.3 is 0 Å². The average Bonchev–Trinajstić information content (AvgIpc) is 3.48. The molecule has 3 aromatic heterocycles. The summed E-state index contributed by atoms with van der Waals surface area (Å²) in [4.78, 5) is 16.0. The lowest BCUT2D eigenvalue weighted by Gasteiger charge is -2.15. The van der Waals surface area contributed by atoms with Crippen molar-refractivity contribution in [2.75, 3.05) is 26.2 Å². The molecular formula is C31H26ClFN4O. The maximum atomic E-state index is 14.7. The molecule has 0 N–H and O–H groups in total. The first kappa shape index (κ1) is 24.5. The molecule has 0 unspecified atom stereocenters. The van der Waals surface area contributed by atoms with E-state index in [2.05, 4.69) is 25.9 Å². The van der Waals surface area contributed by atoms with Crippen LogP contribution in [0.15, 0.2) is 85.3 Å². The molecule has 1 saturated heterocycles. The van der Waals surface area contributed by atoms with Gasteiger partial charge in [0.25, 0.3) is 0 Å². The van der Waals surface area contributed by atoms with Crippen LogP contribution < -0.4 is 4.74 Å². The highest BCUT2D eigenvalue weighted by Crippen LogP contribution is 2.34. The van der Waals surface area contributed by atoms with Gasteiger partial charge in [-0.15, -0.1) is 0 Å². The summed E-state index contributed by atoms with van der Waals surface area (Å²) in [6, 6.07) is 20.3. The van der Waals surface area contributed by atoms with Crippen LogP contribution in [0.4, 0.5) is 4.39 Å². The number of nitrogens with zero attached hydrogens (tertiary/aromatic N) is 4. The molecule has 5 aromatic rings. The van der Waals surface area contributed by atoms with Crippen molar-refractivity contribution in [2.24, 2.45) is 0 Å². The van der Waals surface area contributed by atoms with Gasteiger partial charge in [-0.25, -0.2) is 14.4 Å². The molecule has 1 aliphatic rings. The molecule has 0 spiro atoms. The second-order valence-corrected chi connectivity index (χ2v) is 9.87. The Balaban J connectivity index is 1.31. The topological polar surface area (TPSA) is 51.1 Å². The quantitative estimate of drug-likeness (QED) is 0.224. The molecule has 38 heavy (non-hydrogen) atoms. The highest BCUT2D eigenvalue weighted by molar-refractivity contribution is 6.30. The Kier molecular flexibility index (Phi) is 6.99. The maximum Gasteiger partial charge on any atom is 0.160 e. The number of ether oxygens (including phenoxy) is 1. The Morgan fingerprint density at radius 3 is 2.53 bits per heavy atom. The van der Waals surface area contributed by atoms with Crippen molar-refractivity contribution >= 4 is 22.6 Å². The largest absolute Gasteiger partial charge is 0.492 e. The monoisotopic (exact) mass is 524 g/mol. The zero-order valence-corrected chi connectivity index (χ0v) is 21.5.